The van der Waals surface area contributed by atoms with Gasteiger partial charge in [0.1, 0.15) is 17.1 Å². The van der Waals surface area contributed by atoms with E-state index in [9.17, 15) is 10.1 Å². The number of nitrogens with zero attached hydrogens (tertiary/aromatic N) is 5. The van der Waals surface area contributed by atoms with Gasteiger partial charge in [0, 0.05) is 25.0 Å². The average Bonchev–Trinajstić information content (AvgIpc) is 3.20. The first-order chi connectivity index (χ1) is 14.8. The fourth-order valence-electron chi connectivity index (χ4n) is 4.15. The minimum absolute atomic E-state index is 0.169. The number of hydrogen-bond acceptors (Lipinski definition) is 4. The summed E-state index contributed by atoms with van der Waals surface area (Å²) < 4.78 is 3.47. The number of aromatic nitrogens is 3. The molecule has 6 heteroatoms. The van der Waals surface area contributed by atoms with E-state index in [4.69, 9.17) is 4.98 Å². The largest absolute Gasteiger partial charge is 0.342 e. The predicted molar refractivity (Wildman–Crippen MR) is 117 cm³/mol. The quantitative estimate of drug-likeness (QED) is 0.525. The summed E-state index contributed by atoms with van der Waals surface area (Å²) in [4.78, 5) is 20.9. The maximum atomic E-state index is 13.9. The zero-order valence-corrected chi connectivity index (χ0v) is 16.5. The number of nitriles is 1. The molecule has 2 aromatic heterocycles. The second kappa shape index (κ2) is 7.53. The molecule has 0 saturated carbocycles. The summed E-state index contributed by atoms with van der Waals surface area (Å²) in [6.07, 6.45) is 5.03. The number of anilines is 1. The van der Waals surface area contributed by atoms with Gasteiger partial charge in [-0.1, -0.05) is 36.4 Å². The molecule has 30 heavy (non-hydrogen) atoms. The smallest absolute Gasteiger partial charge is 0.284 e. The van der Waals surface area contributed by atoms with Crippen molar-refractivity contribution in [2.45, 2.75) is 19.3 Å². The predicted octanol–water partition coefficient (Wildman–Crippen LogP) is 4.04. The number of para-hydroxylation sites is 2. The third-order valence-corrected chi connectivity index (χ3v) is 5.60. The molecule has 1 aliphatic heterocycles. The maximum absolute atomic E-state index is 13.9. The van der Waals surface area contributed by atoms with Gasteiger partial charge in [-0.3, -0.25) is 4.79 Å². The molecule has 2 aromatic carbocycles. The SMILES string of the molecule is N#Cc1cn(-c2ccccc2)c2c(=O)n(-c3ccccc3)c(N3CCCCC3)nc12. The highest BCUT2D eigenvalue weighted by atomic mass is 16.1. The Labute approximate surface area is 174 Å². The first kappa shape index (κ1) is 18.2. The van der Waals surface area contributed by atoms with Gasteiger partial charge in [-0.05, 0) is 43.5 Å². The van der Waals surface area contributed by atoms with Crippen LogP contribution in [0.5, 0.6) is 0 Å². The first-order valence-corrected chi connectivity index (χ1v) is 10.2. The van der Waals surface area contributed by atoms with E-state index in [1.165, 1.54) is 6.42 Å². The lowest BCUT2D eigenvalue weighted by molar-refractivity contribution is 0.563. The summed E-state index contributed by atoms with van der Waals surface area (Å²) in [5, 5.41) is 9.75. The summed E-state index contributed by atoms with van der Waals surface area (Å²) in [6.45, 7) is 1.71. The third kappa shape index (κ3) is 2.96. The molecule has 0 amide bonds. The summed E-state index contributed by atoms with van der Waals surface area (Å²) >= 11 is 0. The van der Waals surface area contributed by atoms with Gasteiger partial charge >= 0.3 is 0 Å². The molecule has 0 spiro atoms. The van der Waals surface area contributed by atoms with E-state index >= 15 is 0 Å². The van der Waals surface area contributed by atoms with Crippen LogP contribution in [0.15, 0.2) is 71.7 Å². The summed E-state index contributed by atoms with van der Waals surface area (Å²) in [5.74, 6) is 0.612. The molecule has 3 heterocycles. The molecular formula is C24H21N5O. The standard InChI is InChI=1S/C24H21N5O/c25-16-18-17-28(19-10-4-1-5-11-19)22-21(18)26-24(27-14-8-3-9-15-27)29(23(22)30)20-12-6-2-7-13-20/h1-2,4-7,10-13,17H,3,8-9,14-15H2. The molecule has 1 fully saturated rings. The van der Waals surface area contributed by atoms with Crippen LogP contribution in [-0.2, 0) is 0 Å². The molecule has 1 aliphatic rings. The van der Waals surface area contributed by atoms with Gasteiger partial charge in [0.05, 0.1) is 11.3 Å². The van der Waals surface area contributed by atoms with Crippen molar-refractivity contribution in [3.8, 4) is 17.4 Å². The minimum Gasteiger partial charge on any atom is -0.342 e. The van der Waals surface area contributed by atoms with Crippen molar-refractivity contribution >= 4 is 17.0 Å². The average molecular weight is 395 g/mol. The Bertz CT molecular complexity index is 1290. The van der Waals surface area contributed by atoms with Crippen LogP contribution in [0.2, 0.25) is 0 Å². The lowest BCUT2D eigenvalue weighted by Gasteiger charge is -2.29. The molecule has 4 aromatic rings. The fourth-order valence-corrected chi connectivity index (χ4v) is 4.15. The van der Waals surface area contributed by atoms with E-state index < -0.39 is 0 Å². The van der Waals surface area contributed by atoms with E-state index in [1.807, 2.05) is 60.7 Å². The molecule has 6 nitrogen and oxygen atoms in total. The topological polar surface area (TPSA) is 66.8 Å². The molecule has 0 bridgehead atoms. The Morgan fingerprint density at radius 1 is 0.867 bits per heavy atom. The highest BCUT2D eigenvalue weighted by Crippen LogP contribution is 2.26. The van der Waals surface area contributed by atoms with Crippen molar-refractivity contribution in [2.75, 3.05) is 18.0 Å². The van der Waals surface area contributed by atoms with Gasteiger partial charge in [-0.25, -0.2) is 9.55 Å². The molecule has 5 rings (SSSR count). The van der Waals surface area contributed by atoms with Crippen molar-refractivity contribution in [3.63, 3.8) is 0 Å². The van der Waals surface area contributed by atoms with Crippen molar-refractivity contribution < 1.29 is 0 Å². The van der Waals surface area contributed by atoms with Crippen molar-refractivity contribution in [2.24, 2.45) is 0 Å². The second-order valence-electron chi connectivity index (χ2n) is 7.49. The van der Waals surface area contributed by atoms with Crippen LogP contribution < -0.4 is 10.5 Å². The molecule has 0 N–H and O–H groups in total. The Hall–Kier alpha value is -3.85. The Morgan fingerprint density at radius 3 is 2.13 bits per heavy atom. The molecular weight excluding hydrogens is 374 g/mol. The van der Waals surface area contributed by atoms with E-state index in [0.717, 1.165) is 37.3 Å². The highest BCUT2D eigenvalue weighted by molar-refractivity contribution is 5.85. The normalized spacial score (nSPS) is 14.0. The van der Waals surface area contributed by atoms with Crippen LogP contribution >= 0.6 is 0 Å². The molecule has 0 radical (unpaired) electrons. The lowest BCUT2D eigenvalue weighted by Crippen LogP contribution is -2.36. The monoisotopic (exact) mass is 395 g/mol. The van der Waals surface area contributed by atoms with Gasteiger partial charge < -0.3 is 9.47 Å². The molecule has 0 unspecified atom stereocenters. The number of piperidine rings is 1. The molecule has 0 aliphatic carbocycles. The van der Waals surface area contributed by atoms with Gasteiger partial charge in [-0.15, -0.1) is 0 Å². The lowest BCUT2D eigenvalue weighted by atomic mass is 10.1. The number of hydrogen-bond donors (Lipinski definition) is 0. The zero-order chi connectivity index (χ0) is 20.5. The van der Waals surface area contributed by atoms with Crippen molar-refractivity contribution in [1.82, 2.24) is 14.1 Å². The van der Waals surface area contributed by atoms with Crippen LogP contribution in [-0.4, -0.2) is 27.2 Å². The van der Waals surface area contributed by atoms with Gasteiger partial charge in [0.15, 0.2) is 0 Å². The zero-order valence-electron chi connectivity index (χ0n) is 16.5. The van der Waals surface area contributed by atoms with Crippen LogP contribution in [0.25, 0.3) is 22.4 Å². The molecule has 1 saturated heterocycles. The summed E-state index contributed by atoms with van der Waals surface area (Å²) in [7, 11) is 0. The van der Waals surface area contributed by atoms with Gasteiger partial charge in [0.25, 0.3) is 5.56 Å². The highest BCUT2D eigenvalue weighted by Gasteiger charge is 2.24. The molecule has 148 valence electrons. The van der Waals surface area contributed by atoms with E-state index in [2.05, 4.69) is 11.0 Å². The summed E-state index contributed by atoms with van der Waals surface area (Å²) in [5.41, 5.74) is 2.72. The van der Waals surface area contributed by atoms with E-state index in [1.54, 1.807) is 15.3 Å². The number of fused-ring (bicyclic) bond motifs is 1. The third-order valence-electron chi connectivity index (χ3n) is 5.60. The van der Waals surface area contributed by atoms with Crippen LogP contribution in [0.1, 0.15) is 24.8 Å². The summed E-state index contributed by atoms with van der Waals surface area (Å²) in [6, 6.07) is 21.4. The number of benzene rings is 2. The Balaban J connectivity index is 1.86. The molecule has 0 atom stereocenters. The fraction of sp³-hybridized carbons (Fsp3) is 0.208. The van der Waals surface area contributed by atoms with Crippen LogP contribution in [0, 0.1) is 11.3 Å². The van der Waals surface area contributed by atoms with E-state index in [-0.39, 0.29) is 5.56 Å². The maximum Gasteiger partial charge on any atom is 0.284 e. The minimum atomic E-state index is -0.169. The van der Waals surface area contributed by atoms with Crippen molar-refractivity contribution in [1.29, 1.82) is 5.26 Å². The van der Waals surface area contributed by atoms with Crippen molar-refractivity contribution in [3.05, 3.63) is 82.8 Å². The van der Waals surface area contributed by atoms with Gasteiger partial charge in [-0.2, -0.15) is 5.26 Å². The van der Waals surface area contributed by atoms with Crippen LogP contribution in [0.4, 0.5) is 5.95 Å². The second-order valence-corrected chi connectivity index (χ2v) is 7.49. The Morgan fingerprint density at radius 2 is 1.50 bits per heavy atom. The van der Waals surface area contributed by atoms with Crippen LogP contribution in [0.3, 0.4) is 0 Å². The van der Waals surface area contributed by atoms with E-state index in [0.29, 0.717) is 22.5 Å². The Kier molecular flexibility index (Phi) is 4.56. The number of rotatable bonds is 3. The van der Waals surface area contributed by atoms with Gasteiger partial charge in [0.2, 0.25) is 5.95 Å². The first-order valence-electron chi connectivity index (χ1n) is 10.2.